The fourth-order valence-electron chi connectivity index (χ4n) is 5.80. The van der Waals surface area contributed by atoms with Crippen LogP contribution in [0.15, 0.2) is 0 Å². The molecule has 1 saturated carbocycles. The van der Waals surface area contributed by atoms with Crippen molar-refractivity contribution in [1.29, 1.82) is 0 Å². The van der Waals surface area contributed by atoms with E-state index in [1.54, 1.807) is 35.2 Å². The Labute approximate surface area is 327 Å². The van der Waals surface area contributed by atoms with E-state index in [0.29, 0.717) is 104 Å². The van der Waals surface area contributed by atoms with Crippen LogP contribution in [0, 0.1) is 5.92 Å². The van der Waals surface area contributed by atoms with Gasteiger partial charge in [-0.3, -0.25) is 24.0 Å². The van der Waals surface area contributed by atoms with Crippen molar-refractivity contribution in [2.45, 2.75) is 128 Å². The molecule has 17 heteroatoms. The van der Waals surface area contributed by atoms with Crippen molar-refractivity contribution in [3.8, 4) is 0 Å². The quantitative estimate of drug-likeness (QED) is 0.0696. The molecule has 0 heterocycles. The van der Waals surface area contributed by atoms with Gasteiger partial charge < -0.3 is 53.0 Å². The predicted octanol–water partition coefficient (Wildman–Crippen LogP) is 3.09. The smallest absolute Gasteiger partial charge is 0.223 e. The van der Waals surface area contributed by atoms with Crippen LogP contribution in [-0.2, 0) is 61.5 Å². The monoisotopic (exact) mass is 807 g/mol. The van der Waals surface area contributed by atoms with Crippen molar-refractivity contribution in [1.82, 2.24) is 10.6 Å². The van der Waals surface area contributed by atoms with E-state index in [4.69, 9.17) is 32.9 Å². The highest BCUT2D eigenvalue weighted by Crippen LogP contribution is 2.46. The maximum Gasteiger partial charge on any atom is 0.223 e. The third kappa shape index (κ3) is 24.3. The first-order valence-electron chi connectivity index (χ1n) is 19.7. The molecule has 0 bridgehead atoms. The van der Waals surface area contributed by atoms with Crippen LogP contribution in [0.5, 0.6) is 0 Å². The molecule has 320 valence electrons. The van der Waals surface area contributed by atoms with Crippen LogP contribution in [0.2, 0.25) is 0 Å². The molecule has 16 nitrogen and oxygen atoms in total. The van der Waals surface area contributed by atoms with Crippen LogP contribution in [-0.4, -0.2) is 134 Å². The Morgan fingerprint density at radius 3 is 1.55 bits per heavy atom. The molecule has 2 amide bonds. The second kappa shape index (κ2) is 30.9. The average molecular weight is 808 g/mol. The van der Waals surface area contributed by atoms with Crippen molar-refractivity contribution in [3.63, 3.8) is 0 Å². The topological polar surface area (TPSA) is 214 Å². The van der Waals surface area contributed by atoms with Gasteiger partial charge in [-0.1, -0.05) is 13.8 Å². The van der Waals surface area contributed by atoms with Crippen LogP contribution in [0.4, 0.5) is 0 Å². The highest BCUT2D eigenvalue weighted by Gasteiger charge is 2.32. The summed E-state index contributed by atoms with van der Waals surface area (Å²) in [5, 5.41) is 5.63. The van der Waals surface area contributed by atoms with Gasteiger partial charge in [-0.15, -0.1) is 0 Å². The molecular weight excluding hydrogens is 739 g/mol. The van der Waals surface area contributed by atoms with Gasteiger partial charge in [-0.05, 0) is 57.8 Å². The number of ether oxygens (including phenoxy) is 6. The Morgan fingerprint density at radius 1 is 0.618 bits per heavy atom. The summed E-state index contributed by atoms with van der Waals surface area (Å²) in [6.07, 6.45) is 3.05. The number of hydrogen-bond donors (Lipinski definition) is 2. The summed E-state index contributed by atoms with van der Waals surface area (Å²) >= 11 is 0. The summed E-state index contributed by atoms with van der Waals surface area (Å²) in [7, 11) is 0.703. The Balaban J connectivity index is 2.87. The molecule has 1 fully saturated rings. The molecule has 0 aliphatic heterocycles. The number of amides is 2. The molecule has 0 aromatic carbocycles. The van der Waals surface area contributed by atoms with E-state index in [1.165, 1.54) is 0 Å². The maximum atomic E-state index is 13.4. The molecule has 2 N–H and O–H groups in total. The molecule has 0 radical (unpaired) electrons. The van der Waals surface area contributed by atoms with Crippen molar-refractivity contribution < 1.29 is 66.4 Å². The Kier molecular flexibility index (Phi) is 28.6. The summed E-state index contributed by atoms with van der Waals surface area (Å²) in [6, 6.07) is -1.86. The summed E-state index contributed by atoms with van der Waals surface area (Å²) < 4.78 is 48.9. The van der Waals surface area contributed by atoms with Crippen molar-refractivity contribution in [2.24, 2.45) is 5.92 Å². The van der Waals surface area contributed by atoms with Gasteiger partial charge in [0.2, 0.25) is 11.8 Å². The minimum atomic E-state index is -4.00. The van der Waals surface area contributed by atoms with Gasteiger partial charge in [0.25, 0.3) is 0 Å². The molecule has 55 heavy (non-hydrogen) atoms. The third-order valence-corrected chi connectivity index (χ3v) is 11.1. The van der Waals surface area contributed by atoms with Gasteiger partial charge in [0, 0.05) is 84.8 Å². The summed E-state index contributed by atoms with van der Waals surface area (Å²) in [5.41, 5.74) is -0.647. The van der Waals surface area contributed by atoms with E-state index in [9.17, 15) is 33.4 Å². The van der Waals surface area contributed by atoms with Crippen LogP contribution >= 0.6 is 7.60 Å². The molecule has 1 aliphatic rings. The van der Waals surface area contributed by atoms with E-state index in [0.717, 1.165) is 0 Å². The number of carbonyl (C=O) groups excluding carboxylic acids is 5. The largest absolute Gasteiger partial charge is 0.778 e. The number of Topliss-reactive ketones (excluding diaryl/α,β-unsaturated/α-hetero) is 3. The number of nitrogens with one attached hydrogen (secondary N) is 2. The van der Waals surface area contributed by atoms with Crippen LogP contribution in [0.25, 0.3) is 0 Å². The zero-order chi connectivity index (χ0) is 40.9. The molecule has 0 aromatic heterocycles. The van der Waals surface area contributed by atoms with Crippen molar-refractivity contribution in [2.75, 3.05) is 80.8 Å². The number of hydrogen-bond acceptors (Lipinski definition) is 14. The molecular formula is C38H68N2O14P-. The lowest BCUT2D eigenvalue weighted by molar-refractivity contribution is -0.205. The number of carbonyl (C=O) groups is 5. The SMILES string of the molecule is COCCOCCCC(=O)CCC(NC(=O)CCC(NC(=O)C1CCC(OP(=O)([O-])C(C)C)CC1)C(=O)CCCOCCOC)C(=O)CCCOCCOC. The molecule has 0 aromatic rings. The van der Waals surface area contributed by atoms with E-state index in [1.807, 2.05) is 0 Å². The summed E-state index contributed by atoms with van der Waals surface area (Å²) in [4.78, 5) is 78.2. The normalized spacial score (nSPS) is 18.0. The summed E-state index contributed by atoms with van der Waals surface area (Å²) in [5.74, 6) is -1.79. The summed E-state index contributed by atoms with van der Waals surface area (Å²) in [6.45, 7) is 6.71. The lowest BCUT2D eigenvalue weighted by Gasteiger charge is -2.35. The van der Waals surface area contributed by atoms with E-state index >= 15 is 0 Å². The lowest BCUT2D eigenvalue weighted by atomic mass is 9.86. The van der Waals surface area contributed by atoms with Gasteiger partial charge in [-0.2, -0.15) is 0 Å². The minimum absolute atomic E-state index is 0.00337. The zero-order valence-corrected chi connectivity index (χ0v) is 34.7. The van der Waals surface area contributed by atoms with Gasteiger partial charge >= 0.3 is 0 Å². The van der Waals surface area contributed by atoms with Crippen LogP contribution in [0.1, 0.15) is 104 Å². The maximum absolute atomic E-state index is 13.4. The standard InChI is InChI=1S/C38H69N2O14P/c1-29(2)55(46,47)54-32-15-12-30(13-16-32)38(45)40-34(36(43)11-8-22-53-28-25-50-5)18-19-37(44)39-33(35(42)10-7-21-52-27-24-49-4)17-14-31(41)9-6-20-51-26-23-48-3/h29-30,32-34H,6-28H2,1-5H3,(H,39,44)(H,40,45)(H,46,47)/p-1. The average Bonchev–Trinajstić information content (AvgIpc) is 3.15. The second-order valence-electron chi connectivity index (χ2n) is 14.1. The van der Waals surface area contributed by atoms with E-state index in [-0.39, 0.29) is 68.2 Å². The fourth-order valence-corrected chi connectivity index (χ4v) is 6.67. The first-order valence-corrected chi connectivity index (χ1v) is 21.3. The number of rotatable bonds is 35. The van der Waals surface area contributed by atoms with Gasteiger partial charge in [-0.25, -0.2) is 0 Å². The molecule has 1 rings (SSSR count). The highest BCUT2D eigenvalue weighted by molar-refractivity contribution is 7.52. The third-order valence-electron chi connectivity index (χ3n) is 9.24. The Hall–Kier alpha value is -2.14. The zero-order valence-electron chi connectivity index (χ0n) is 33.8. The molecule has 3 unspecified atom stereocenters. The highest BCUT2D eigenvalue weighted by atomic mass is 31.2. The van der Waals surface area contributed by atoms with Crippen LogP contribution < -0.4 is 15.5 Å². The number of methoxy groups -OCH3 is 3. The van der Waals surface area contributed by atoms with Gasteiger partial charge in [0.15, 0.2) is 11.6 Å². The predicted molar refractivity (Wildman–Crippen MR) is 203 cm³/mol. The van der Waals surface area contributed by atoms with Crippen molar-refractivity contribution in [3.05, 3.63) is 0 Å². The Bertz CT molecular complexity index is 1150. The molecule has 0 saturated heterocycles. The van der Waals surface area contributed by atoms with E-state index < -0.39 is 43.3 Å². The first kappa shape index (κ1) is 50.9. The second-order valence-corrected chi connectivity index (χ2v) is 16.4. The minimum Gasteiger partial charge on any atom is -0.778 e. The molecule has 0 spiro atoms. The number of ketones is 3. The fraction of sp³-hybridized carbons (Fsp3) is 0.868. The van der Waals surface area contributed by atoms with Gasteiger partial charge in [0.05, 0.1) is 57.8 Å². The Morgan fingerprint density at radius 2 is 1.07 bits per heavy atom. The lowest BCUT2D eigenvalue weighted by Crippen LogP contribution is -2.46. The van der Waals surface area contributed by atoms with Gasteiger partial charge in [0.1, 0.15) is 13.4 Å². The first-order chi connectivity index (χ1) is 26.3. The molecule has 1 aliphatic carbocycles. The molecule has 3 atom stereocenters. The van der Waals surface area contributed by atoms with E-state index in [2.05, 4.69) is 10.6 Å². The van der Waals surface area contributed by atoms with Crippen LogP contribution in [0.3, 0.4) is 0 Å². The van der Waals surface area contributed by atoms with Crippen molar-refractivity contribution >= 4 is 36.8 Å².